The Kier molecular flexibility index (Phi) is 5.13. The highest BCUT2D eigenvalue weighted by Gasteiger charge is 2.16. The van der Waals surface area contributed by atoms with Crippen molar-refractivity contribution in [2.45, 2.75) is 0 Å². The number of carbonyl (C=O) groups excluding carboxylic acids is 1. The predicted octanol–water partition coefficient (Wildman–Crippen LogP) is 5.13. The number of nitrogens with one attached hydrogen (secondary N) is 1. The first-order valence-electron chi connectivity index (χ1n) is 5.59. The number of halogens is 3. The molecule has 0 radical (unpaired) electrons. The number of amides is 1. The molecule has 0 aliphatic carbocycles. The van der Waals surface area contributed by atoms with E-state index in [1.807, 2.05) is 6.07 Å². The molecular formula is C13H7Br3N2O3. The van der Waals surface area contributed by atoms with Crippen LogP contribution in [-0.4, -0.2) is 10.8 Å². The number of benzene rings is 2. The van der Waals surface area contributed by atoms with E-state index < -0.39 is 10.8 Å². The first-order valence-corrected chi connectivity index (χ1v) is 7.96. The van der Waals surface area contributed by atoms with Gasteiger partial charge in [-0.3, -0.25) is 14.9 Å². The van der Waals surface area contributed by atoms with Gasteiger partial charge in [0.15, 0.2) is 0 Å². The van der Waals surface area contributed by atoms with Crippen LogP contribution in [0.4, 0.5) is 11.4 Å². The molecule has 0 spiro atoms. The average Bonchev–Trinajstić information content (AvgIpc) is 2.43. The van der Waals surface area contributed by atoms with Crippen molar-refractivity contribution in [3.8, 4) is 0 Å². The van der Waals surface area contributed by atoms with Crippen LogP contribution in [-0.2, 0) is 0 Å². The van der Waals surface area contributed by atoms with Crippen molar-refractivity contribution in [1.29, 1.82) is 0 Å². The van der Waals surface area contributed by atoms with Gasteiger partial charge in [0.05, 0.1) is 15.1 Å². The highest BCUT2D eigenvalue weighted by atomic mass is 79.9. The van der Waals surface area contributed by atoms with Crippen molar-refractivity contribution in [2.75, 3.05) is 5.32 Å². The monoisotopic (exact) mass is 476 g/mol. The maximum Gasteiger partial charge on any atom is 0.284 e. The summed E-state index contributed by atoms with van der Waals surface area (Å²) in [4.78, 5) is 22.5. The smallest absolute Gasteiger partial charge is 0.284 e. The Bertz CT molecular complexity index is 735. The van der Waals surface area contributed by atoms with Crippen LogP contribution in [0, 0.1) is 10.1 Å². The highest BCUT2D eigenvalue weighted by molar-refractivity contribution is 9.11. The van der Waals surface area contributed by atoms with Crippen LogP contribution in [0.15, 0.2) is 49.8 Å². The second-order valence-electron chi connectivity index (χ2n) is 4.00. The van der Waals surface area contributed by atoms with Crippen molar-refractivity contribution in [3.05, 3.63) is 65.5 Å². The first kappa shape index (κ1) is 16.1. The standard InChI is InChI=1S/C13H7Br3N2O3/c14-8-2-4-9(15)11(6-8)17-13(19)7-1-3-10(16)12(5-7)18(20)21/h1-6H,(H,17,19). The van der Waals surface area contributed by atoms with Gasteiger partial charge in [-0.2, -0.15) is 0 Å². The minimum absolute atomic E-state index is 0.157. The van der Waals surface area contributed by atoms with Gasteiger partial charge in [-0.05, 0) is 62.2 Å². The van der Waals surface area contributed by atoms with Crippen molar-refractivity contribution in [2.24, 2.45) is 0 Å². The summed E-state index contributed by atoms with van der Waals surface area (Å²) in [5.41, 5.74) is 0.618. The minimum Gasteiger partial charge on any atom is -0.321 e. The van der Waals surface area contributed by atoms with Crippen LogP contribution in [0.2, 0.25) is 0 Å². The minimum atomic E-state index is -0.546. The van der Waals surface area contributed by atoms with E-state index in [4.69, 9.17) is 0 Å². The van der Waals surface area contributed by atoms with E-state index >= 15 is 0 Å². The Hall–Kier alpha value is -1.25. The molecule has 0 atom stereocenters. The van der Waals surface area contributed by atoms with Gasteiger partial charge in [0.1, 0.15) is 0 Å². The summed E-state index contributed by atoms with van der Waals surface area (Å²) in [5, 5.41) is 13.6. The van der Waals surface area contributed by atoms with Gasteiger partial charge in [0, 0.05) is 20.6 Å². The van der Waals surface area contributed by atoms with Gasteiger partial charge in [0.2, 0.25) is 0 Å². The molecule has 0 bridgehead atoms. The molecule has 0 saturated heterocycles. The normalized spacial score (nSPS) is 10.2. The Morgan fingerprint density at radius 1 is 1.05 bits per heavy atom. The van der Waals surface area contributed by atoms with Crippen molar-refractivity contribution >= 4 is 65.1 Å². The molecule has 2 aromatic carbocycles. The van der Waals surface area contributed by atoms with Crippen molar-refractivity contribution in [3.63, 3.8) is 0 Å². The van der Waals surface area contributed by atoms with Crippen LogP contribution in [0.25, 0.3) is 0 Å². The van der Waals surface area contributed by atoms with E-state index in [0.717, 1.165) is 4.47 Å². The molecule has 2 aromatic rings. The molecule has 0 fully saturated rings. The number of nitrogens with zero attached hydrogens (tertiary/aromatic N) is 1. The summed E-state index contributed by atoms with van der Waals surface area (Å²) < 4.78 is 1.85. The van der Waals surface area contributed by atoms with E-state index in [2.05, 4.69) is 53.1 Å². The molecule has 0 unspecified atom stereocenters. The molecule has 8 heteroatoms. The molecule has 108 valence electrons. The Balaban J connectivity index is 2.30. The summed E-state index contributed by atoms with van der Waals surface area (Å²) in [5.74, 6) is -0.426. The zero-order valence-corrected chi connectivity index (χ0v) is 15.0. The van der Waals surface area contributed by atoms with Gasteiger partial charge in [-0.1, -0.05) is 15.9 Å². The maximum absolute atomic E-state index is 12.2. The van der Waals surface area contributed by atoms with Crippen molar-refractivity contribution < 1.29 is 9.72 Å². The lowest BCUT2D eigenvalue weighted by Crippen LogP contribution is -2.12. The number of rotatable bonds is 3. The Labute approximate surface area is 145 Å². The summed E-state index contributed by atoms with van der Waals surface area (Å²) in [6.45, 7) is 0. The molecular weight excluding hydrogens is 472 g/mol. The molecule has 0 saturated carbocycles. The number of nitro groups is 1. The van der Waals surface area contributed by atoms with Crippen LogP contribution in [0.1, 0.15) is 10.4 Å². The van der Waals surface area contributed by atoms with Crippen LogP contribution < -0.4 is 5.32 Å². The number of nitro benzene ring substituents is 1. The average molecular weight is 479 g/mol. The Morgan fingerprint density at radius 3 is 2.38 bits per heavy atom. The van der Waals surface area contributed by atoms with E-state index in [9.17, 15) is 14.9 Å². The maximum atomic E-state index is 12.2. The first-order chi connectivity index (χ1) is 9.88. The van der Waals surface area contributed by atoms with Crippen LogP contribution in [0.3, 0.4) is 0 Å². The second-order valence-corrected chi connectivity index (χ2v) is 6.63. The molecule has 0 aliphatic rings. The SMILES string of the molecule is O=C(Nc1cc(Br)ccc1Br)c1ccc(Br)c([N+](=O)[O-])c1. The molecule has 0 heterocycles. The summed E-state index contributed by atoms with van der Waals surface area (Å²) in [7, 11) is 0. The third-order valence-corrected chi connectivity index (χ3v) is 4.44. The highest BCUT2D eigenvalue weighted by Crippen LogP contribution is 2.28. The van der Waals surface area contributed by atoms with Gasteiger partial charge < -0.3 is 5.32 Å². The molecule has 1 amide bonds. The van der Waals surface area contributed by atoms with E-state index in [-0.39, 0.29) is 11.3 Å². The van der Waals surface area contributed by atoms with Crippen LogP contribution >= 0.6 is 47.8 Å². The number of anilines is 1. The van der Waals surface area contributed by atoms with Gasteiger partial charge in [-0.25, -0.2) is 0 Å². The van der Waals surface area contributed by atoms with Gasteiger partial charge in [0.25, 0.3) is 11.6 Å². The van der Waals surface area contributed by atoms with E-state index in [1.165, 1.54) is 18.2 Å². The summed E-state index contributed by atoms with van der Waals surface area (Å²) in [6.07, 6.45) is 0. The third kappa shape index (κ3) is 3.90. The summed E-state index contributed by atoms with van der Waals surface area (Å²) >= 11 is 9.73. The number of hydrogen-bond acceptors (Lipinski definition) is 3. The lowest BCUT2D eigenvalue weighted by atomic mass is 10.2. The zero-order chi connectivity index (χ0) is 15.6. The second kappa shape index (κ2) is 6.67. The number of hydrogen-bond donors (Lipinski definition) is 1. The quantitative estimate of drug-likeness (QED) is 0.490. The molecule has 21 heavy (non-hydrogen) atoms. The lowest BCUT2D eigenvalue weighted by molar-refractivity contribution is -0.385. The van der Waals surface area contributed by atoms with Gasteiger partial charge >= 0.3 is 0 Å². The largest absolute Gasteiger partial charge is 0.321 e. The van der Waals surface area contributed by atoms with E-state index in [0.29, 0.717) is 14.6 Å². The van der Waals surface area contributed by atoms with E-state index in [1.54, 1.807) is 12.1 Å². The summed E-state index contributed by atoms with van der Waals surface area (Å²) in [6, 6.07) is 9.55. The fourth-order valence-electron chi connectivity index (χ4n) is 1.58. The number of carbonyl (C=O) groups is 1. The molecule has 2 rings (SSSR count). The molecule has 0 aromatic heterocycles. The predicted molar refractivity (Wildman–Crippen MR) is 90.6 cm³/mol. The molecule has 0 aliphatic heterocycles. The molecule has 1 N–H and O–H groups in total. The van der Waals surface area contributed by atoms with Crippen LogP contribution in [0.5, 0.6) is 0 Å². The zero-order valence-electron chi connectivity index (χ0n) is 10.3. The van der Waals surface area contributed by atoms with Crippen molar-refractivity contribution in [1.82, 2.24) is 0 Å². The lowest BCUT2D eigenvalue weighted by Gasteiger charge is -2.08. The molecule has 5 nitrogen and oxygen atoms in total. The van der Waals surface area contributed by atoms with Gasteiger partial charge in [-0.15, -0.1) is 0 Å². The Morgan fingerprint density at radius 2 is 1.71 bits per heavy atom. The fourth-order valence-corrected chi connectivity index (χ4v) is 2.68. The third-order valence-electron chi connectivity index (χ3n) is 2.58. The fraction of sp³-hybridized carbons (Fsp3) is 0. The topological polar surface area (TPSA) is 72.2 Å².